The lowest BCUT2D eigenvalue weighted by Crippen LogP contribution is -1.97. The van der Waals surface area contributed by atoms with E-state index in [0.29, 0.717) is 11.8 Å². The summed E-state index contributed by atoms with van der Waals surface area (Å²) in [6.45, 7) is 9.30. The fraction of sp³-hybridized carbons (Fsp3) is 0.0938. The summed E-state index contributed by atoms with van der Waals surface area (Å²) < 4.78 is 0. The fourth-order valence-electron chi connectivity index (χ4n) is 11.6. The first-order valence-corrected chi connectivity index (χ1v) is 23.0. The summed E-state index contributed by atoms with van der Waals surface area (Å²) in [4.78, 5) is 0. The molecule has 0 amide bonds. The van der Waals surface area contributed by atoms with Crippen molar-refractivity contribution in [1.82, 2.24) is 0 Å². The van der Waals surface area contributed by atoms with Gasteiger partial charge in [0, 0.05) is 0 Å². The van der Waals surface area contributed by atoms with Gasteiger partial charge in [0.1, 0.15) is 0 Å². The van der Waals surface area contributed by atoms with Gasteiger partial charge in [-0.3, -0.25) is 0 Å². The van der Waals surface area contributed by atoms with Crippen molar-refractivity contribution in [3.05, 3.63) is 205 Å². The molecule has 13 rings (SSSR count). The maximum atomic E-state index is 2.48. The summed E-state index contributed by atoms with van der Waals surface area (Å²) in [5, 5.41) is 15.9. The van der Waals surface area contributed by atoms with E-state index in [1.54, 1.807) is 0 Å². The molecule has 0 saturated carbocycles. The molecular formula is C64H46. The van der Waals surface area contributed by atoms with E-state index in [1.165, 1.54) is 143 Å². The molecule has 0 fully saturated rings. The maximum Gasteiger partial charge on any atom is -0.000741 e. The average molecular weight is 815 g/mol. The van der Waals surface area contributed by atoms with Gasteiger partial charge in [0.25, 0.3) is 0 Å². The highest BCUT2D eigenvalue weighted by molar-refractivity contribution is 6.29. The lowest BCUT2D eigenvalue weighted by molar-refractivity contribution is 0.876. The maximum absolute atomic E-state index is 2.48. The molecule has 0 heteroatoms. The van der Waals surface area contributed by atoms with Gasteiger partial charge < -0.3 is 0 Å². The van der Waals surface area contributed by atoms with E-state index in [4.69, 9.17) is 0 Å². The Bertz CT molecular complexity index is 3770. The number of benzene rings is 12. The highest BCUT2D eigenvalue weighted by Crippen LogP contribution is 2.58. The first-order valence-electron chi connectivity index (χ1n) is 23.0. The second-order valence-corrected chi connectivity index (χ2v) is 18.7. The number of hydrogen-bond acceptors (Lipinski definition) is 0. The van der Waals surface area contributed by atoms with Crippen LogP contribution in [0.1, 0.15) is 50.7 Å². The first kappa shape index (κ1) is 37.1. The molecule has 0 aliphatic heterocycles. The Morgan fingerprint density at radius 3 is 1.38 bits per heavy atom. The van der Waals surface area contributed by atoms with E-state index in [1.807, 2.05) is 0 Å². The van der Waals surface area contributed by atoms with E-state index in [-0.39, 0.29) is 0 Å². The molecule has 0 nitrogen and oxygen atoms in total. The molecule has 1 aliphatic carbocycles. The molecule has 302 valence electrons. The molecule has 0 saturated heterocycles. The van der Waals surface area contributed by atoms with Gasteiger partial charge in [-0.15, -0.1) is 0 Å². The fourth-order valence-corrected chi connectivity index (χ4v) is 11.6. The summed E-state index contributed by atoms with van der Waals surface area (Å²) in [6, 6.07) is 73.6. The van der Waals surface area contributed by atoms with E-state index in [2.05, 4.69) is 222 Å². The molecule has 0 bridgehead atoms. The Kier molecular flexibility index (Phi) is 8.10. The molecule has 0 spiro atoms. The normalized spacial score (nSPS) is 12.3. The molecular weight excluding hydrogens is 769 g/mol. The van der Waals surface area contributed by atoms with Crippen molar-refractivity contribution in [3.8, 4) is 66.8 Å². The van der Waals surface area contributed by atoms with E-state index < -0.39 is 0 Å². The minimum absolute atomic E-state index is 0.398. The third kappa shape index (κ3) is 5.29. The first-order chi connectivity index (χ1) is 31.4. The molecule has 0 unspecified atom stereocenters. The highest BCUT2D eigenvalue weighted by atomic mass is 14.3. The van der Waals surface area contributed by atoms with Crippen LogP contribution < -0.4 is 0 Å². The van der Waals surface area contributed by atoms with E-state index >= 15 is 0 Å². The third-order valence-corrected chi connectivity index (χ3v) is 14.5. The van der Waals surface area contributed by atoms with Crippen LogP contribution in [0.4, 0.5) is 0 Å². The van der Waals surface area contributed by atoms with Crippen LogP contribution in [0.25, 0.3) is 131 Å². The average Bonchev–Trinajstić information content (AvgIpc) is 3.66. The molecule has 0 aromatic heterocycles. The van der Waals surface area contributed by atoms with Crippen LogP contribution in [0.15, 0.2) is 194 Å². The second-order valence-electron chi connectivity index (χ2n) is 18.7. The van der Waals surface area contributed by atoms with Gasteiger partial charge in [-0.05, 0) is 173 Å². The molecule has 0 heterocycles. The minimum atomic E-state index is 0.398. The Labute approximate surface area is 374 Å². The smallest absolute Gasteiger partial charge is 0.000741 e. The summed E-state index contributed by atoms with van der Waals surface area (Å²) in [7, 11) is 0. The Morgan fingerprint density at radius 2 is 0.734 bits per heavy atom. The summed E-state index contributed by atoms with van der Waals surface area (Å²) >= 11 is 0. The summed E-state index contributed by atoms with van der Waals surface area (Å²) in [6.07, 6.45) is 0. The van der Waals surface area contributed by atoms with Crippen LogP contribution in [-0.2, 0) is 0 Å². The monoisotopic (exact) mass is 814 g/mol. The lowest BCUT2D eigenvalue weighted by atomic mass is 9.82. The van der Waals surface area contributed by atoms with Crippen molar-refractivity contribution in [3.63, 3.8) is 0 Å². The molecule has 64 heavy (non-hydrogen) atoms. The van der Waals surface area contributed by atoms with Gasteiger partial charge in [-0.1, -0.05) is 204 Å². The standard InChI is InChI=1S/C64H46/c1-37(2)46-28-26-41-27-29-52-56(38(3)4)36-57(53-32-31-51(46)58(41)62(52)53)45-25-23-42-34-44(24-22-43(42)35-45)47-30-33-55-61-48(47)20-13-21-54(61)63-59(39-14-7-5-8-15-39)49-18-11-12-19-50(49)60(64(55)63)40-16-9-6-10-17-40/h5-38H,1-4H3. The molecule has 0 atom stereocenters. The molecule has 12 aromatic rings. The Balaban J connectivity index is 0.988. The van der Waals surface area contributed by atoms with Crippen LogP contribution in [0.5, 0.6) is 0 Å². The van der Waals surface area contributed by atoms with Gasteiger partial charge in [0.2, 0.25) is 0 Å². The Hall–Kier alpha value is -7.54. The molecule has 0 radical (unpaired) electrons. The van der Waals surface area contributed by atoms with Crippen molar-refractivity contribution in [2.45, 2.75) is 39.5 Å². The van der Waals surface area contributed by atoms with Crippen LogP contribution in [0.2, 0.25) is 0 Å². The van der Waals surface area contributed by atoms with Crippen LogP contribution >= 0.6 is 0 Å². The van der Waals surface area contributed by atoms with Crippen molar-refractivity contribution in [2.75, 3.05) is 0 Å². The van der Waals surface area contributed by atoms with Crippen molar-refractivity contribution in [1.29, 1.82) is 0 Å². The van der Waals surface area contributed by atoms with Gasteiger partial charge in [-0.25, -0.2) is 0 Å². The summed E-state index contributed by atoms with van der Waals surface area (Å²) in [5.74, 6) is 0.858. The third-order valence-electron chi connectivity index (χ3n) is 14.5. The lowest BCUT2D eigenvalue weighted by Gasteiger charge is -2.21. The van der Waals surface area contributed by atoms with Gasteiger partial charge >= 0.3 is 0 Å². The van der Waals surface area contributed by atoms with E-state index in [0.717, 1.165) is 0 Å². The predicted molar refractivity (Wildman–Crippen MR) is 277 cm³/mol. The largest absolute Gasteiger partial charge is 0.0622 e. The zero-order chi connectivity index (χ0) is 42.8. The number of rotatable bonds is 6. The second kappa shape index (κ2) is 14.0. The zero-order valence-corrected chi connectivity index (χ0v) is 36.6. The SMILES string of the molecule is CC(C)c1ccc2ccc3c(C(C)C)cc(-c4ccc5cc(-c6ccc7c8c(cccc68)-c6c-7c(-c7ccccc7)c7ccccc7c6-c6ccccc6)ccc5c4)c4ccc1c2c43. The molecule has 0 N–H and O–H groups in total. The topological polar surface area (TPSA) is 0 Å². The quantitative estimate of drug-likeness (QED) is 0.147. The van der Waals surface area contributed by atoms with Crippen molar-refractivity contribution >= 4 is 64.6 Å². The van der Waals surface area contributed by atoms with Crippen LogP contribution in [0.3, 0.4) is 0 Å². The highest BCUT2D eigenvalue weighted by Gasteiger charge is 2.31. The van der Waals surface area contributed by atoms with Gasteiger partial charge in [0.05, 0.1) is 0 Å². The van der Waals surface area contributed by atoms with Crippen LogP contribution in [-0.4, -0.2) is 0 Å². The number of fused-ring (bicyclic) bond motifs is 5. The van der Waals surface area contributed by atoms with Crippen LogP contribution in [0, 0.1) is 0 Å². The minimum Gasteiger partial charge on any atom is -0.0622 e. The molecule has 12 aromatic carbocycles. The van der Waals surface area contributed by atoms with E-state index in [9.17, 15) is 0 Å². The van der Waals surface area contributed by atoms with Gasteiger partial charge in [-0.2, -0.15) is 0 Å². The van der Waals surface area contributed by atoms with Crippen molar-refractivity contribution in [2.24, 2.45) is 0 Å². The van der Waals surface area contributed by atoms with Crippen molar-refractivity contribution < 1.29 is 0 Å². The van der Waals surface area contributed by atoms with Gasteiger partial charge in [0.15, 0.2) is 0 Å². The predicted octanol–water partition coefficient (Wildman–Crippen LogP) is 18.6. The number of hydrogen-bond donors (Lipinski definition) is 0. The Morgan fingerprint density at radius 1 is 0.250 bits per heavy atom. The zero-order valence-electron chi connectivity index (χ0n) is 36.6. The molecule has 1 aliphatic rings. The summed E-state index contributed by atoms with van der Waals surface area (Å²) in [5.41, 5.74) is 18.3.